The molecule has 0 fully saturated rings. The summed E-state index contributed by atoms with van der Waals surface area (Å²) in [7, 11) is 0. The Balaban J connectivity index is 0.979. The quantitative estimate of drug-likeness (QED) is 0.160. The van der Waals surface area contributed by atoms with Crippen LogP contribution < -0.4 is 0 Å². The highest BCUT2D eigenvalue weighted by atomic mass is 15.5. The molecule has 0 amide bonds. The summed E-state index contributed by atoms with van der Waals surface area (Å²) in [6, 6.07) is 71.0. The van der Waals surface area contributed by atoms with Gasteiger partial charge in [0.2, 0.25) is 0 Å². The van der Waals surface area contributed by atoms with Crippen molar-refractivity contribution in [3.8, 4) is 61.3 Å². The number of pyridine rings is 1. The highest BCUT2D eigenvalue weighted by Crippen LogP contribution is 2.44. The zero-order valence-electron chi connectivity index (χ0n) is 30.9. The van der Waals surface area contributed by atoms with Crippen LogP contribution >= 0.6 is 0 Å². The van der Waals surface area contributed by atoms with Crippen molar-refractivity contribution < 1.29 is 0 Å². The molecule has 11 rings (SSSR count). The van der Waals surface area contributed by atoms with E-state index in [2.05, 4.69) is 194 Å². The first kappa shape index (κ1) is 32.7. The number of rotatable bonds is 6. The van der Waals surface area contributed by atoms with E-state index in [-0.39, 0.29) is 0 Å². The molecule has 0 atom stereocenters. The van der Waals surface area contributed by atoms with Crippen LogP contribution in [0.5, 0.6) is 0 Å². The molecule has 0 saturated carbocycles. The molecule has 11 aromatic rings. The van der Waals surface area contributed by atoms with Crippen LogP contribution in [0.4, 0.5) is 0 Å². The molecule has 0 aliphatic rings. The van der Waals surface area contributed by atoms with Crippen LogP contribution in [0.25, 0.3) is 105 Å². The van der Waals surface area contributed by atoms with Crippen molar-refractivity contribution in [1.29, 1.82) is 0 Å². The van der Waals surface area contributed by atoms with E-state index in [1.165, 1.54) is 54.9 Å². The maximum Gasteiger partial charge on any atom is 0.114 e. The Bertz CT molecular complexity index is 3160. The monoisotopic (exact) mass is 726 g/mol. The normalized spacial score (nSPS) is 11.5. The molecule has 0 spiro atoms. The second-order valence-electron chi connectivity index (χ2n) is 14.5. The van der Waals surface area contributed by atoms with Gasteiger partial charge in [-0.05, 0) is 126 Å². The van der Waals surface area contributed by atoms with Crippen molar-refractivity contribution in [2.75, 3.05) is 0 Å². The Hall–Kier alpha value is -7.69. The van der Waals surface area contributed by atoms with Gasteiger partial charge in [0.1, 0.15) is 11.0 Å². The van der Waals surface area contributed by atoms with Crippen molar-refractivity contribution in [3.63, 3.8) is 0 Å². The molecule has 57 heavy (non-hydrogen) atoms. The molecule has 266 valence electrons. The zero-order valence-corrected chi connectivity index (χ0v) is 30.9. The fourth-order valence-corrected chi connectivity index (χ4v) is 8.32. The fourth-order valence-electron chi connectivity index (χ4n) is 8.32. The van der Waals surface area contributed by atoms with E-state index >= 15 is 0 Å². The van der Waals surface area contributed by atoms with E-state index in [0.717, 1.165) is 49.9 Å². The van der Waals surface area contributed by atoms with Crippen LogP contribution in [0.2, 0.25) is 0 Å². The van der Waals surface area contributed by atoms with Gasteiger partial charge in [-0.25, -0.2) is 0 Å². The van der Waals surface area contributed by atoms with E-state index in [1.807, 2.05) is 12.3 Å². The van der Waals surface area contributed by atoms with Gasteiger partial charge in [-0.1, -0.05) is 146 Å². The number of benzene rings is 9. The summed E-state index contributed by atoms with van der Waals surface area (Å²) in [5.74, 6) is 0. The lowest BCUT2D eigenvalue weighted by molar-refractivity contribution is 0.766. The molecular formula is C53H34N4. The van der Waals surface area contributed by atoms with Gasteiger partial charge in [0, 0.05) is 17.1 Å². The molecule has 2 aromatic heterocycles. The number of aromatic nitrogens is 4. The average Bonchev–Trinajstić information content (AvgIpc) is 3.72. The summed E-state index contributed by atoms with van der Waals surface area (Å²) in [5.41, 5.74) is 15.2. The van der Waals surface area contributed by atoms with Crippen molar-refractivity contribution in [2.24, 2.45) is 0 Å². The summed E-state index contributed by atoms with van der Waals surface area (Å²) in [5, 5.41) is 15.9. The number of nitrogens with zero attached hydrogens (tertiary/aromatic N) is 4. The third-order valence-corrected chi connectivity index (χ3v) is 11.1. The van der Waals surface area contributed by atoms with Crippen LogP contribution in [-0.4, -0.2) is 20.0 Å². The Morgan fingerprint density at radius 1 is 0.298 bits per heavy atom. The van der Waals surface area contributed by atoms with Gasteiger partial charge in [-0.2, -0.15) is 4.80 Å². The topological polar surface area (TPSA) is 43.6 Å². The van der Waals surface area contributed by atoms with Gasteiger partial charge >= 0.3 is 0 Å². The highest BCUT2D eigenvalue weighted by Gasteiger charge is 2.18. The van der Waals surface area contributed by atoms with Crippen LogP contribution in [0.1, 0.15) is 0 Å². The number of hydrogen-bond acceptors (Lipinski definition) is 3. The zero-order chi connectivity index (χ0) is 37.7. The maximum absolute atomic E-state index is 5.00. The Morgan fingerprint density at radius 2 is 0.789 bits per heavy atom. The van der Waals surface area contributed by atoms with Crippen LogP contribution in [-0.2, 0) is 0 Å². The smallest absolute Gasteiger partial charge is 0.114 e. The standard InChI is InChI=1S/C53H34N4/c1-3-13-35(14-4-1)40-30-41(36-15-5-2-6-16-36)32-42(31-40)38-25-28-50-51(33-38)56-57(55-50)44-26-23-37(24-27-44)52-45-18-8-10-20-47(45)53(48-21-11-9-19-46(48)52)43-29-39-17-7-12-22-49(39)54-34-43/h1-34H. The predicted molar refractivity (Wildman–Crippen MR) is 236 cm³/mol. The molecule has 2 heterocycles. The largest absolute Gasteiger partial charge is 0.256 e. The van der Waals surface area contributed by atoms with Gasteiger partial charge in [0.05, 0.1) is 11.2 Å². The SMILES string of the molecule is c1ccc(-c2cc(-c3ccccc3)cc(-c3ccc4nn(-c5ccc(-c6c7ccccc7c(-c7cnc8ccccc8c7)c7ccccc67)cc5)nc4c3)c2)cc1. The first-order valence-corrected chi connectivity index (χ1v) is 19.3. The molecule has 0 radical (unpaired) electrons. The van der Waals surface area contributed by atoms with Crippen molar-refractivity contribution in [3.05, 3.63) is 206 Å². The number of para-hydroxylation sites is 1. The minimum atomic E-state index is 0.846. The van der Waals surface area contributed by atoms with E-state index in [0.29, 0.717) is 0 Å². The van der Waals surface area contributed by atoms with Crippen molar-refractivity contribution in [2.45, 2.75) is 0 Å². The number of hydrogen-bond donors (Lipinski definition) is 0. The molecule has 0 saturated heterocycles. The predicted octanol–water partition coefficient (Wildman–Crippen LogP) is 13.6. The van der Waals surface area contributed by atoms with Gasteiger partial charge in [0.25, 0.3) is 0 Å². The van der Waals surface area contributed by atoms with Gasteiger partial charge in [-0.15, -0.1) is 10.2 Å². The summed E-state index contributed by atoms with van der Waals surface area (Å²) in [4.78, 5) is 6.59. The van der Waals surface area contributed by atoms with Crippen molar-refractivity contribution in [1.82, 2.24) is 20.0 Å². The van der Waals surface area contributed by atoms with Gasteiger partial charge in [-0.3, -0.25) is 4.98 Å². The molecule has 0 aliphatic heterocycles. The van der Waals surface area contributed by atoms with E-state index in [1.54, 1.807) is 4.80 Å². The molecule has 0 N–H and O–H groups in total. The van der Waals surface area contributed by atoms with Crippen molar-refractivity contribution >= 4 is 43.5 Å². The highest BCUT2D eigenvalue weighted by molar-refractivity contribution is 6.21. The lowest BCUT2D eigenvalue weighted by Crippen LogP contribution is -1.98. The molecule has 4 heteroatoms. The molecule has 0 unspecified atom stereocenters. The minimum absolute atomic E-state index is 0.846. The lowest BCUT2D eigenvalue weighted by atomic mass is 9.86. The van der Waals surface area contributed by atoms with E-state index in [4.69, 9.17) is 15.2 Å². The third-order valence-electron chi connectivity index (χ3n) is 11.1. The summed E-state index contributed by atoms with van der Waals surface area (Å²) < 4.78 is 0. The minimum Gasteiger partial charge on any atom is -0.256 e. The van der Waals surface area contributed by atoms with Crippen LogP contribution in [0, 0.1) is 0 Å². The Kier molecular flexibility index (Phi) is 7.78. The van der Waals surface area contributed by atoms with Gasteiger partial charge < -0.3 is 0 Å². The average molecular weight is 727 g/mol. The number of fused-ring (bicyclic) bond motifs is 4. The third kappa shape index (κ3) is 5.83. The summed E-state index contributed by atoms with van der Waals surface area (Å²) >= 11 is 0. The van der Waals surface area contributed by atoms with Crippen LogP contribution in [0.15, 0.2) is 206 Å². The first-order chi connectivity index (χ1) is 28.2. The summed E-state index contributed by atoms with van der Waals surface area (Å²) in [6.07, 6.45) is 2.01. The molecular weight excluding hydrogens is 693 g/mol. The molecule has 0 aliphatic carbocycles. The Morgan fingerprint density at radius 3 is 1.40 bits per heavy atom. The molecule has 4 nitrogen and oxygen atoms in total. The fraction of sp³-hybridized carbons (Fsp3) is 0. The first-order valence-electron chi connectivity index (χ1n) is 19.3. The van der Waals surface area contributed by atoms with Crippen LogP contribution in [0.3, 0.4) is 0 Å². The lowest BCUT2D eigenvalue weighted by Gasteiger charge is -2.18. The Labute approximate surface area is 330 Å². The maximum atomic E-state index is 5.00. The second-order valence-corrected chi connectivity index (χ2v) is 14.5. The van der Waals surface area contributed by atoms with E-state index < -0.39 is 0 Å². The molecule has 9 aromatic carbocycles. The molecule has 0 bridgehead atoms. The van der Waals surface area contributed by atoms with E-state index in [9.17, 15) is 0 Å². The summed E-state index contributed by atoms with van der Waals surface area (Å²) in [6.45, 7) is 0. The second kappa shape index (κ2) is 13.6. The van der Waals surface area contributed by atoms with Gasteiger partial charge in [0.15, 0.2) is 0 Å².